The highest BCUT2D eigenvalue weighted by Gasteiger charge is 2.31. The average molecular weight is 256 g/mol. The summed E-state index contributed by atoms with van der Waals surface area (Å²) in [7, 11) is 0. The number of benzene rings is 1. The van der Waals surface area contributed by atoms with Gasteiger partial charge in [-0.25, -0.2) is 4.39 Å². The summed E-state index contributed by atoms with van der Waals surface area (Å²) in [5.41, 5.74) is -0.748. The maximum absolute atomic E-state index is 14.7. The van der Waals surface area contributed by atoms with Crippen LogP contribution in [0.2, 0.25) is 5.02 Å². The first-order chi connectivity index (χ1) is 8.09. The molecule has 2 unspecified atom stereocenters. The van der Waals surface area contributed by atoms with E-state index < -0.39 is 5.67 Å². The van der Waals surface area contributed by atoms with E-state index in [4.69, 9.17) is 11.6 Å². The first kappa shape index (κ1) is 12.8. The molecule has 0 aromatic heterocycles. The van der Waals surface area contributed by atoms with Crippen LogP contribution in [-0.2, 0) is 5.67 Å². The molecule has 0 spiro atoms. The largest absolute Gasteiger partial charge is 0.314 e. The van der Waals surface area contributed by atoms with Crippen molar-refractivity contribution in [2.75, 3.05) is 6.54 Å². The molecule has 17 heavy (non-hydrogen) atoms. The summed E-state index contributed by atoms with van der Waals surface area (Å²) >= 11 is 6.07. The van der Waals surface area contributed by atoms with Gasteiger partial charge in [0.15, 0.2) is 0 Å². The lowest BCUT2D eigenvalue weighted by molar-refractivity contribution is 0.146. The zero-order valence-corrected chi connectivity index (χ0v) is 10.9. The third kappa shape index (κ3) is 3.20. The minimum Gasteiger partial charge on any atom is -0.314 e. The summed E-state index contributed by atoms with van der Waals surface area (Å²) < 4.78 is 14.7. The molecule has 1 aliphatic rings. The molecule has 0 amide bonds. The van der Waals surface area contributed by atoms with E-state index in [-0.39, 0.29) is 6.04 Å². The molecule has 0 bridgehead atoms. The zero-order valence-electron chi connectivity index (χ0n) is 10.2. The molecule has 0 radical (unpaired) electrons. The van der Waals surface area contributed by atoms with Gasteiger partial charge in [-0.05, 0) is 32.4 Å². The van der Waals surface area contributed by atoms with Gasteiger partial charge < -0.3 is 5.32 Å². The van der Waals surface area contributed by atoms with Gasteiger partial charge in [0.05, 0.1) is 0 Å². The van der Waals surface area contributed by atoms with Gasteiger partial charge in [-0.1, -0.05) is 36.2 Å². The molecule has 2 atom stereocenters. The lowest BCUT2D eigenvalue weighted by Gasteiger charge is -2.30. The molecule has 2 rings (SSSR count). The Morgan fingerprint density at radius 1 is 1.41 bits per heavy atom. The van der Waals surface area contributed by atoms with Crippen molar-refractivity contribution in [3.8, 4) is 0 Å². The first-order valence-corrected chi connectivity index (χ1v) is 6.65. The molecule has 94 valence electrons. The Balaban J connectivity index is 2.10. The molecule has 1 fully saturated rings. The van der Waals surface area contributed by atoms with Crippen LogP contribution >= 0.6 is 11.6 Å². The van der Waals surface area contributed by atoms with Gasteiger partial charge in [-0.2, -0.15) is 0 Å². The van der Waals surface area contributed by atoms with Crippen LogP contribution < -0.4 is 5.32 Å². The lowest BCUT2D eigenvalue weighted by Crippen LogP contribution is -2.38. The van der Waals surface area contributed by atoms with Crippen LogP contribution in [0, 0.1) is 0 Å². The van der Waals surface area contributed by atoms with Gasteiger partial charge in [0.1, 0.15) is 5.67 Å². The van der Waals surface area contributed by atoms with Crippen molar-refractivity contribution in [2.24, 2.45) is 0 Å². The average Bonchev–Trinajstić information content (AvgIpc) is 2.30. The van der Waals surface area contributed by atoms with E-state index in [1.165, 1.54) is 12.8 Å². The molecule has 1 saturated heterocycles. The Morgan fingerprint density at radius 2 is 2.18 bits per heavy atom. The summed E-state index contributed by atoms with van der Waals surface area (Å²) in [6.45, 7) is 2.63. The van der Waals surface area contributed by atoms with Crippen LogP contribution in [0.5, 0.6) is 0 Å². The third-order valence-corrected chi connectivity index (χ3v) is 3.81. The van der Waals surface area contributed by atoms with E-state index in [0.717, 1.165) is 13.0 Å². The van der Waals surface area contributed by atoms with Crippen LogP contribution in [0.4, 0.5) is 4.39 Å². The summed E-state index contributed by atoms with van der Waals surface area (Å²) in [4.78, 5) is 0. The van der Waals surface area contributed by atoms with Crippen LogP contribution in [-0.4, -0.2) is 12.6 Å². The fourth-order valence-electron chi connectivity index (χ4n) is 2.55. The Kier molecular flexibility index (Phi) is 4.05. The Labute approximate surface area is 107 Å². The van der Waals surface area contributed by atoms with E-state index in [1.54, 1.807) is 19.1 Å². The molecule has 0 saturated carbocycles. The highest BCUT2D eigenvalue weighted by Crippen LogP contribution is 2.36. The predicted molar refractivity (Wildman–Crippen MR) is 70.2 cm³/mol. The maximum atomic E-state index is 14.7. The molecule has 1 aromatic rings. The Morgan fingerprint density at radius 3 is 2.82 bits per heavy atom. The number of hydrogen-bond donors (Lipinski definition) is 1. The zero-order chi connectivity index (χ0) is 12.3. The highest BCUT2D eigenvalue weighted by molar-refractivity contribution is 6.31. The van der Waals surface area contributed by atoms with Crippen LogP contribution in [0.3, 0.4) is 0 Å². The predicted octanol–water partition coefficient (Wildman–Crippen LogP) is 4.06. The van der Waals surface area contributed by atoms with Crippen LogP contribution in [0.15, 0.2) is 24.3 Å². The Hall–Kier alpha value is -0.600. The van der Waals surface area contributed by atoms with Crippen molar-refractivity contribution in [1.29, 1.82) is 0 Å². The molecule has 1 nitrogen and oxygen atoms in total. The molecule has 1 heterocycles. The second-order valence-corrected chi connectivity index (χ2v) is 5.44. The second kappa shape index (κ2) is 5.36. The lowest BCUT2D eigenvalue weighted by atomic mass is 9.88. The standard InChI is InChI=1S/C14H19ClFN/c1-14(16,10-11-6-4-5-9-17-11)12-7-2-3-8-13(12)15/h2-3,7-8,11,17H,4-6,9-10H2,1H3. The molecule has 1 aromatic carbocycles. The summed E-state index contributed by atoms with van der Waals surface area (Å²) in [5.74, 6) is 0. The summed E-state index contributed by atoms with van der Waals surface area (Å²) in [6.07, 6.45) is 3.95. The van der Waals surface area contributed by atoms with Gasteiger partial charge in [0.2, 0.25) is 0 Å². The number of nitrogens with one attached hydrogen (secondary N) is 1. The van der Waals surface area contributed by atoms with Crippen molar-refractivity contribution in [3.63, 3.8) is 0 Å². The van der Waals surface area contributed by atoms with E-state index in [9.17, 15) is 4.39 Å². The number of alkyl halides is 1. The van der Waals surface area contributed by atoms with E-state index >= 15 is 0 Å². The third-order valence-electron chi connectivity index (χ3n) is 3.48. The van der Waals surface area contributed by atoms with Crippen molar-refractivity contribution < 1.29 is 4.39 Å². The van der Waals surface area contributed by atoms with Crippen LogP contribution in [0.1, 0.15) is 38.2 Å². The van der Waals surface area contributed by atoms with E-state index in [0.29, 0.717) is 17.0 Å². The smallest absolute Gasteiger partial charge is 0.136 e. The summed E-state index contributed by atoms with van der Waals surface area (Å²) in [5, 5.41) is 3.90. The number of rotatable bonds is 3. The van der Waals surface area contributed by atoms with Gasteiger partial charge in [-0.3, -0.25) is 0 Å². The molecule has 1 N–H and O–H groups in total. The number of halogens is 2. The fourth-order valence-corrected chi connectivity index (χ4v) is 2.89. The number of hydrogen-bond acceptors (Lipinski definition) is 1. The number of piperidine rings is 1. The van der Waals surface area contributed by atoms with Gasteiger partial charge in [-0.15, -0.1) is 0 Å². The SMILES string of the molecule is CC(F)(CC1CCCCN1)c1ccccc1Cl. The maximum Gasteiger partial charge on any atom is 0.136 e. The fraction of sp³-hybridized carbons (Fsp3) is 0.571. The van der Waals surface area contributed by atoms with E-state index in [2.05, 4.69) is 5.32 Å². The van der Waals surface area contributed by atoms with Gasteiger partial charge in [0, 0.05) is 23.0 Å². The van der Waals surface area contributed by atoms with Crippen molar-refractivity contribution in [3.05, 3.63) is 34.9 Å². The van der Waals surface area contributed by atoms with E-state index in [1.807, 2.05) is 12.1 Å². The quantitative estimate of drug-likeness (QED) is 0.859. The molecule has 3 heteroatoms. The molecular weight excluding hydrogens is 237 g/mol. The second-order valence-electron chi connectivity index (χ2n) is 5.03. The normalized spacial score (nSPS) is 24.3. The van der Waals surface area contributed by atoms with Crippen molar-refractivity contribution >= 4 is 11.6 Å². The molecule has 1 aliphatic heterocycles. The topological polar surface area (TPSA) is 12.0 Å². The Bertz CT molecular complexity index is 372. The van der Waals surface area contributed by atoms with Gasteiger partial charge >= 0.3 is 0 Å². The van der Waals surface area contributed by atoms with Gasteiger partial charge in [0.25, 0.3) is 0 Å². The molecule has 0 aliphatic carbocycles. The van der Waals surface area contributed by atoms with Crippen molar-refractivity contribution in [1.82, 2.24) is 5.32 Å². The van der Waals surface area contributed by atoms with Crippen LogP contribution in [0.25, 0.3) is 0 Å². The monoisotopic (exact) mass is 255 g/mol. The minimum atomic E-state index is -1.35. The first-order valence-electron chi connectivity index (χ1n) is 6.27. The molecular formula is C14H19ClFN. The summed E-state index contributed by atoms with van der Waals surface area (Å²) in [6, 6.07) is 7.48. The minimum absolute atomic E-state index is 0.273. The highest BCUT2D eigenvalue weighted by atomic mass is 35.5. The van der Waals surface area contributed by atoms with Crippen molar-refractivity contribution in [2.45, 2.75) is 44.3 Å².